The number of nitrogens with one attached hydrogen (secondary N) is 2. The van der Waals surface area contributed by atoms with Gasteiger partial charge in [-0.15, -0.1) is 0 Å². The van der Waals surface area contributed by atoms with Crippen LogP contribution in [-0.2, 0) is 16.1 Å². The second-order valence-electron chi connectivity index (χ2n) is 8.89. The number of hydrogen-bond acceptors (Lipinski definition) is 7. The maximum Gasteiger partial charge on any atom is 0.251 e. The molecule has 2 heterocycles. The zero-order valence-corrected chi connectivity index (χ0v) is 20.5. The minimum atomic E-state index is -0.687. The first-order valence-corrected chi connectivity index (χ1v) is 12.3. The minimum Gasteiger partial charge on any atom is -0.457 e. The number of amides is 2. The number of rotatable bonds is 9. The van der Waals surface area contributed by atoms with E-state index in [9.17, 15) is 14.7 Å². The van der Waals surface area contributed by atoms with Crippen molar-refractivity contribution >= 4 is 11.8 Å². The monoisotopic (exact) mass is 516 g/mol. The van der Waals surface area contributed by atoms with Gasteiger partial charge < -0.3 is 34.7 Å². The zero-order chi connectivity index (χ0) is 26.3. The summed E-state index contributed by atoms with van der Waals surface area (Å²) in [5.74, 6) is 2.03. The topological polar surface area (TPSA) is 115 Å². The molecule has 196 valence electrons. The molecule has 9 heteroatoms. The van der Waals surface area contributed by atoms with Gasteiger partial charge in [-0.3, -0.25) is 9.59 Å². The number of aliphatic hydroxyl groups is 1. The van der Waals surface area contributed by atoms with Crippen LogP contribution in [0.4, 0.5) is 0 Å². The second kappa shape index (κ2) is 11.8. The number of benzene rings is 3. The van der Waals surface area contributed by atoms with E-state index in [4.69, 9.17) is 18.9 Å². The fourth-order valence-electron chi connectivity index (χ4n) is 4.16. The van der Waals surface area contributed by atoms with E-state index in [2.05, 4.69) is 10.6 Å². The lowest BCUT2D eigenvalue weighted by Gasteiger charge is -2.31. The van der Waals surface area contributed by atoms with Crippen molar-refractivity contribution in [3.05, 3.63) is 96.1 Å². The van der Waals surface area contributed by atoms with Crippen molar-refractivity contribution in [1.82, 2.24) is 10.6 Å². The Bertz CT molecular complexity index is 1290. The number of carbonyl (C=O) groups is 2. The van der Waals surface area contributed by atoms with Crippen LogP contribution in [0.2, 0.25) is 0 Å². The summed E-state index contributed by atoms with van der Waals surface area (Å²) >= 11 is 0. The molecule has 0 unspecified atom stereocenters. The van der Waals surface area contributed by atoms with E-state index in [1.54, 1.807) is 30.4 Å². The highest BCUT2D eigenvalue weighted by atomic mass is 16.7. The highest BCUT2D eigenvalue weighted by molar-refractivity contribution is 5.95. The Balaban J connectivity index is 1.09. The molecule has 3 N–H and O–H groups in total. The van der Waals surface area contributed by atoms with E-state index in [-0.39, 0.29) is 31.6 Å². The summed E-state index contributed by atoms with van der Waals surface area (Å²) in [4.78, 5) is 25.2. The van der Waals surface area contributed by atoms with Gasteiger partial charge in [0.05, 0.1) is 25.2 Å². The Kier molecular flexibility index (Phi) is 7.86. The first kappa shape index (κ1) is 25.3. The van der Waals surface area contributed by atoms with Gasteiger partial charge in [0.25, 0.3) is 5.91 Å². The standard InChI is InChI=1S/C29H28N2O7/c32-17-27-24(31-29(34)20-8-13-25-26(14-20)36-18-35-25)12-11-23(38-27)15-28(33)30-16-19-6-9-22(10-7-19)37-21-4-2-1-3-5-21/h1-14,23-24,27,32H,15-18H2,(H,30,33)(H,31,34)/t23-,24-,27-/m1/s1. The first-order chi connectivity index (χ1) is 18.6. The molecule has 38 heavy (non-hydrogen) atoms. The number of carbonyl (C=O) groups excluding carboxylic acids is 2. The summed E-state index contributed by atoms with van der Waals surface area (Å²) in [5.41, 5.74) is 1.33. The molecule has 0 spiro atoms. The SMILES string of the molecule is O=C(C[C@H]1C=C[C@@H](NC(=O)c2ccc3c(c2)OCO3)[C@@H](CO)O1)NCc1ccc(Oc2ccccc2)cc1. The molecule has 0 bridgehead atoms. The van der Waals surface area contributed by atoms with Gasteiger partial charge in [-0.25, -0.2) is 0 Å². The van der Waals surface area contributed by atoms with Crippen molar-refractivity contribution in [3.63, 3.8) is 0 Å². The smallest absolute Gasteiger partial charge is 0.251 e. The van der Waals surface area contributed by atoms with E-state index in [1.165, 1.54) is 0 Å². The summed E-state index contributed by atoms with van der Waals surface area (Å²) < 4.78 is 22.3. The third kappa shape index (κ3) is 6.31. The largest absolute Gasteiger partial charge is 0.457 e. The summed E-state index contributed by atoms with van der Waals surface area (Å²) in [6, 6.07) is 21.4. The van der Waals surface area contributed by atoms with Gasteiger partial charge in [-0.1, -0.05) is 42.5 Å². The quantitative estimate of drug-likeness (QED) is 0.374. The lowest BCUT2D eigenvalue weighted by Crippen LogP contribution is -2.49. The zero-order valence-electron chi connectivity index (χ0n) is 20.5. The molecule has 5 rings (SSSR count). The second-order valence-corrected chi connectivity index (χ2v) is 8.89. The third-order valence-electron chi connectivity index (χ3n) is 6.17. The number of fused-ring (bicyclic) bond motifs is 1. The van der Waals surface area contributed by atoms with E-state index >= 15 is 0 Å². The van der Waals surface area contributed by atoms with Crippen molar-refractivity contribution in [3.8, 4) is 23.0 Å². The Morgan fingerprint density at radius 3 is 2.47 bits per heavy atom. The first-order valence-electron chi connectivity index (χ1n) is 12.3. The Morgan fingerprint density at radius 2 is 1.68 bits per heavy atom. The van der Waals surface area contributed by atoms with E-state index in [1.807, 2.05) is 54.6 Å². The molecule has 3 atom stereocenters. The van der Waals surface area contributed by atoms with Crippen molar-refractivity contribution in [1.29, 1.82) is 0 Å². The van der Waals surface area contributed by atoms with E-state index in [0.29, 0.717) is 29.4 Å². The number of hydrogen-bond donors (Lipinski definition) is 3. The molecule has 0 saturated carbocycles. The molecule has 2 aliphatic heterocycles. The fourth-order valence-corrected chi connectivity index (χ4v) is 4.16. The molecule has 3 aromatic rings. The number of para-hydroxylation sites is 1. The van der Waals surface area contributed by atoms with Gasteiger partial charge in [0.1, 0.15) is 17.6 Å². The highest BCUT2D eigenvalue weighted by Crippen LogP contribution is 2.32. The van der Waals surface area contributed by atoms with Gasteiger partial charge in [0.2, 0.25) is 12.7 Å². The maximum atomic E-state index is 12.7. The highest BCUT2D eigenvalue weighted by Gasteiger charge is 2.29. The van der Waals surface area contributed by atoms with Gasteiger partial charge in [0.15, 0.2) is 11.5 Å². The molecule has 9 nitrogen and oxygen atoms in total. The lowest BCUT2D eigenvalue weighted by molar-refractivity contribution is -0.125. The summed E-state index contributed by atoms with van der Waals surface area (Å²) in [6.07, 6.45) is 2.36. The van der Waals surface area contributed by atoms with Crippen molar-refractivity contribution < 1.29 is 33.6 Å². The molecule has 0 radical (unpaired) electrons. The molecule has 3 aromatic carbocycles. The van der Waals surface area contributed by atoms with Crippen LogP contribution in [0.5, 0.6) is 23.0 Å². The molecule has 0 fully saturated rings. The van der Waals surface area contributed by atoms with Crippen LogP contribution in [0.1, 0.15) is 22.3 Å². The predicted octanol–water partition coefficient (Wildman–Crippen LogP) is 3.33. The van der Waals surface area contributed by atoms with Crippen LogP contribution >= 0.6 is 0 Å². The Morgan fingerprint density at radius 1 is 0.921 bits per heavy atom. The minimum absolute atomic E-state index is 0.0883. The van der Waals surface area contributed by atoms with Crippen LogP contribution in [-0.4, -0.2) is 48.6 Å². The molecule has 0 aromatic heterocycles. The number of aliphatic hydroxyl groups excluding tert-OH is 1. The van der Waals surface area contributed by atoms with Gasteiger partial charge in [0, 0.05) is 12.1 Å². The van der Waals surface area contributed by atoms with Crippen LogP contribution in [0.25, 0.3) is 0 Å². The maximum absolute atomic E-state index is 12.7. The Labute approximate surface area is 220 Å². The van der Waals surface area contributed by atoms with Crippen LogP contribution in [0, 0.1) is 0 Å². The molecule has 0 saturated heterocycles. The summed E-state index contributed by atoms with van der Waals surface area (Å²) in [6.45, 7) is 0.168. The van der Waals surface area contributed by atoms with Crippen molar-refractivity contribution in [2.45, 2.75) is 31.2 Å². The van der Waals surface area contributed by atoms with E-state index in [0.717, 1.165) is 11.3 Å². The van der Waals surface area contributed by atoms with Gasteiger partial charge in [-0.2, -0.15) is 0 Å². The molecule has 2 amide bonds. The average molecular weight is 517 g/mol. The molecular formula is C29H28N2O7. The molecule has 2 aliphatic rings. The van der Waals surface area contributed by atoms with Crippen LogP contribution in [0.3, 0.4) is 0 Å². The average Bonchev–Trinajstić information content (AvgIpc) is 3.42. The van der Waals surface area contributed by atoms with Gasteiger partial charge in [-0.05, 0) is 48.0 Å². The normalized spacial score (nSPS) is 19.6. The lowest BCUT2D eigenvalue weighted by atomic mass is 10.0. The summed E-state index contributed by atoms with van der Waals surface area (Å²) in [7, 11) is 0. The molecule has 0 aliphatic carbocycles. The molecular weight excluding hydrogens is 488 g/mol. The predicted molar refractivity (Wildman–Crippen MR) is 138 cm³/mol. The van der Waals surface area contributed by atoms with Crippen molar-refractivity contribution in [2.75, 3.05) is 13.4 Å². The van der Waals surface area contributed by atoms with Crippen LogP contribution in [0.15, 0.2) is 84.9 Å². The van der Waals surface area contributed by atoms with Crippen molar-refractivity contribution in [2.24, 2.45) is 0 Å². The van der Waals surface area contributed by atoms with Crippen LogP contribution < -0.4 is 24.8 Å². The van der Waals surface area contributed by atoms with Gasteiger partial charge >= 0.3 is 0 Å². The Hall–Kier alpha value is -4.34. The summed E-state index contributed by atoms with van der Waals surface area (Å²) in [5, 5.41) is 15.6. The number of ether oxygens (including phenoxy) is 4. The van der Waals surface area contributed by atoms with E-state index < -0.39 is 18.2 Å². The fraction of sp³-hybridized carbons (Fsp3) is 0.241. The third-order valence-corrected chi connectivity index (χ3v) is 6.17.